The van der Waals surface area contributed by atoms with E-state index in [9.17, 15) is 9.59 Å². The summed E-state index contributed by atoms with van der Waals surface area (Å²) in [6.45, 7) is 2.60. The third-order valence-electron chi connectivity index (χ3n) is 4.32. The van der Waals surface area contributed by atoms with Crippen LogP contribution in [0.3, 0.4) is 0 Å². The first-order valence-corrected chi connectivity index (χ1v) is 8.61. The number of ketones is 1. The molecule has 0 saturated carbocycles. The Labute approximate surface area is 133 Å². The Morgan fingerprint density at radius 2 is 2.14 bits per heavy atom. The smallest absolute Gasteiger partial charge is 0.252 e. The molecule has 0 aromatic carbocycles. The van der Waals surface area contributed by atoms with Gasteiger partial charge >= 0.3 is 0 Å². The Bertz CT molecular complexity index is 670. The number of pyridine rings is 1. The predicted molar refractivity (Wildman–Crippen MR) is 88.3 cm³/mol. The lowest BCUT2D eigenvalue weighted by Gasteiger charge is -2.31. The highest BCUT2D eigenvalue weighted by Gasteiger charge is 2.22. The molecule has 1 aliphatic heterocycles. The normalized spacial score (nSPS) is 16.7. The van der Waals surface area contributed by atoms with Gasteiger partial charge < -0.3 is 4.98 Å². The number of aromatic nitrogens is 1. The van der Waals surface area contributed by atoms with E-state index in [-0.39, 0.29) is 11.3 Å². The molecule has 3 rings (SSSR count). The largest absolute Gasteiger partial charge is 0.329 e. The third kappa shape index (κ3) is 3.72. The summed E-state index contributed by atoms with van der Waals surface area (Å²) >= 11 is 1.57. The summed E-state index contributed by atoms with van der Waals surface area (Å²) in [6, 6.07) is 5.65. The van der Waals surface area contributed by atoms with E-state index >= 15 is 0 Å². The summed E-state index contributed by atoms with van der Waals surface area (Å²) in [4.78, 5) is 28.9. The minimum atomic E-state index is -0.00254. The van der Waals surface area contributed by atoms with Crippen molar-refractivity contribution in [2.75, 3.05) is 13.1 Å². The number of nitrogens with one attached hydrogen (secondary N) is 1. The second-order valence-electron chi connectivity index (χ2n) is 5.88. The number of H-pyrrole nitrogens is 1. The maximum atomic E-state index is 12.1. The van der Waals surface area contributed by atoms with Crippen molar-refractivity contribution in [3.8, 4) is 0 Å². The van der Waals surface area contributed by atoms with Gasteiger partial charge in [-0.25, -0.2) is 0 Å². The van der Waals surface area contributed by atoms with Gasteiger partial charge in [-0.15, -0.1) is 0 Å². The first-order chi connectivity index (χ1) is 10.7. The zero-order chi connectivity index (χ0) is 15.4. The minimum Gasteiger partial charge on any atom is -0.329 e. The van der Waals surface area contributed by atoms with E-state index < -0.39 is 0 Å². The summed E-state index contributed by atoms with van der Waals surface area (Å²) in [5.41, 5.74) is 1.66. The van der Waals surface area contributed by atoms with Gasteiger partial charge in [0.25, 0.3) is 5.56 Å². The Balaban J connectivity index is 1.49. The van der Waals surface area contributed by atoms with Crippen LogP contribution in [0, 0.1) is 5.92 Å². The average Bonchev–Trinajstić information content (AvgIpc) is 3.06. The highest BCUT2D eigenvalue weighted by atomic mass is 32.1. The van der Waals surface area contributed by atoms with Gasteiger partial charge in [0.1, 0.15) is 0 Å². The first-order valence-electron chi connectivity index (χ1n) is 7.66. The van der Waals surface area contributed by atoms with E-state index in [1.807, 2.05) is 29.0 Å². The van der Waals surface area contributed by atoms with Gasteiger partial charge in [0.15, 0.2) is 5.78 Å². The summed E-state index contributed by atoms with van der Waals surface area (Å²) < 4.78 is 0. The van der Waals surface area contributed by atoms with Crippen LogP contribution in [0.15, 0.2) is 40.0 Å². The molecule has 0 atom stereocenters. The summed E-state index contributed by atoms with van der Waals surface area (Å²) in [5, 5.41) is 3.88. The number of nitrogens with zero attached hydrogens (tertiary/aromatic N) is 1. The molecule has 1 fully saturated rings. The monoisotopic (exact) mass is 316 g/mol. The molecular weight excluding hydrogens is 296 g/mol. The van der Waals surface area contributed by atoms with Crippen LogP contribution in [0.5, 0.6) is 0 Å². The van der Waals surface area contributed by atoms with Gasteiger partial charge in [0.05, 0.1) is 0 Å². The maximum Gasteiger partial charge on any atom is 0.252 e. The summed E-state index contributed by atoms with van der Waals surface area (Å²) in [7, 11) is 0. The number of hydrogen-bond acceptors (Lipinski definition) is 4. The molecule has 4 nitrogen and oxygen atoms in total. The fraction of sp³-hybridized carbons (Fsp3) is 0.412. The number of likely N-dealkylation sites (tertiary alicyclic amines) is 1. The SMILES string of the molecule is O=C(CC1CCN(Cc2ccc[nH]c2=O)CC1)c1ccsc1. The summed E-state index contributed by atoms with van der Waals surface area (Å²) in [5.74, 6) is 0.733. The standard InChI is InChI=1S/C17H20N2O2S/c20-16(15-5-9-22-12-15)10-13-3-7-19(8-4-13)11-14-2-1-6-18-17(14)21/h1-2,5-6,9,12-13H,3-4,7-8,10-11H2,(H,18,21). The van der Waals surface area contributed by atoms with E-state index in [1.54, 1.807) is 17.5 Å². The topological polar surface area (TPSA) is 53.2 Å². The van der Waals surface area contributed by atoms with Gasteiger partial charge in [-0.1, -0.05) is 6.07 Å². The van der Waals surface area contributed by atoms with Gasteiger partial charge in [0, 0.05) is 35.7 Å². The molecule has 3 heterocycles. The molecule has 116 valence electrons. The van der Waals surface area contributed by atoms with Crippen LogP contribution in [-0.4, -0.2) is 28.8 Å². The van der Waals surface area contributed by atoms with E-state index in [0.29, 0.717) is 18.9 Å². The Morgan fingerprint density at radius 1 is 1.32 bits per heavy atom. The molecule has 2 aromatic heterocycles. The molecule has 5 heteroatoms. The van der Waals surface area contributed by atoms with Crippen molar-refractivity contribution in [1.82, 2.24) is 9.88 Å². The molecule has 1 N–H and O–H groups in total. The number of piperidine rings is 1. The number of Topliss-reactive ketones (excluding diaryl/α,β-unsaturated/α-hetero) is 1. The lowest BCUT2D eigenvalue weighted by atomic mass is 9.90. The highest BCUT2D eigenvalue weighted by molar-refractivity contribution is 7.08. The van der Waals surface area contributed by atoms with Crippen LogP contribution in [-0.2, 0) is 6.54 Å². The van der Waals surface area contributed by atoms with Gasteiger partial charge in [-0.3, -0.25) is 14.5 Å². The fourth-order valence-corrected chi connectivity index (χ4v) is 3.63. The number of hydrogen-bond donors (Lipinski definition) is 1. The Hall–Kier alpha value is -1.72. The fourth-order valence-electron chi connectivity index (χ4n) is 2.97. The van der Waals surface area contributed by atoms with Crippen molar-refractivity contribution < 1.29 is 4.79 Å². The number of aromatic amines is 1. The third-order valence-corrected chi connectivity index (χ3v) is 5.00. The van der Waals surface area contributed by atoms with Crippen molar-refractivity contribution in [2.24, 2.45) is 5.92 Å². The maximum absolute atomic E-state index is 12.1. The molecule has 0 spiro atoms. The number of rotatable bonds is 5. The molecule has 2 aromatic rings. The van der Waals surface area contributed by atoms with Gasteiger partial charge in [-0.05, 0) is 49.4 Å². The summed E-state index contributed by atoms with van der Waals surface area (Å²) in [6.07, 6.45) is 4.37. The molecule has 1 aliphatic rings. The van der Waals surface area contributed by atoms with E-state index in [0.717, 1.165) is 37.1 Å². The predicted octanol–water partition coefficient (Wildman–Crippen LogP) is 2.92. The van der Waals surface area contributed by atoms with Crippen LogP contribution in [0.1, 0.15) is 35.2 Å². The van der Waals surface area contributed by atoms with Crippen molar-refractivity contribution in [3.05, 3.63) is 56.6 Å². The van der Waals surface area contributed by atoms with Crippen molar-refractivity contribution in [1.29, 1.82) is 0 Å². The van der Waals surface area contributed by atoms with Crippen LogP contribution in [0.25, 0.3) is 0 Å². The molecule has 0 amide bonds. The van der Waals surface area contributed by atoms with Gasteiger partial charge in [-0.2, -0.15) is 11.3 Å². The number of carbonyl (C=O) groups is 1. The zero-order valence-corrected chi connectivity index (χ0v) is 13.3. The Kier molecular flexibility index (Phi) is 4.85. The molecule has 1 saturated heterocycles. The molecule has 0 unspecified atom stereocenters. The van der Waals surface area contributed by atoms with Crippen molar-refractivity contribution >= 4 is 17.1 Å². The molecule has 0 bridgehead atoms. The van der Waals surface area contributed by atoms with E-state index in [4.69, 9.17) is 0 Å². The first kappa shape index (κ1) is 15.2. The van der Waals surface area contributed by atoms with Gasteiger partial charge in [0.2, 0.25) is 0 Å². The zero-order valence-electron chi connectivity index (χ0n) is 12.5. The Morgan fingerprint density at radius 3 is 2.82 bits per heavy atom. The minimum absolute atomic E-state index is 0.00254. The van der Waals surface area contributed by atoms with Crippen LogP contribution in [0.4, 0.5) is 0 Å². The van der Waals surface area contributed by atoms with Crippen LogP contribution < -0.4 is 5.56 Å². The average molecular weight is 316 g/mol. The quantitative estimate of drug-likeness (QED) is 0.863. The molecular formula is C17H20N2O2S. The van der Waals surface area contributed by atoms with Crippen LogP contribution in [0.2, 0.25) is 0 Å². The van der Waals surface area contributed by atoms with Crippen LogP contribution >= 0.6 is 11.3 Å². The van der Waals surface area contributed by atoms with Crippen molar-refractivity contribution in [3.63, 3.8) is 0 Å². The second-order valence-corrected chi connectivity index (χ2v) is 6.66. The number of carbonyl (C=O) groups excluding carboxylic acids is 1. The highest BCUT2D eigenvalue weighted by Crippen LogP contribution is 2.23. The second kappa shape index (κ2) is 7.03. The lowest BCUT2D eigenvalue weighted by Crippen LogP contribution is -2.35. The van der Waals surface area contributed by atoms with E-state index in [1.165, 1.54) is 0 Å². The number of thiophene rings is 1. The molecule has 22 heavy (non-hydrogen) atoms. The lowest BCUT2D eigenvalue weighted by molar-refractivity contribution is 0.0925. The van der Waals surface area contributed by atoms with Crippen molar-refractivity contribution in [2.45, 2.75) is 25.8 Å². The molecule has 0 radical (unpaired) electrons. The van der Waals surface area contributed by atoms with E-state index in [2.05, 4.69) is 9.88 Å². The molecule has 0 aliphatic carbocycles.